The number of fused-ring (bicyclic) bond motifs is 1. The highest BCUT2D eigenvalue weighted by Gasteiger charge is 2.21. The molecular weight excluding hydrogens is 322 g/mol. The average Bonchev–Trinajstić information content (AvgIpc) is 2.88. The molecule has 0 saturated carbocycles. The van der Waals surface area contributed by atoms with E-state index in [2.05, 4.69) is 29.4 Å². The number of benzene rings is 1. The number of hydrogen-bond donors (Lipinski definition) is 2. The number of rotatable bonds is 6. The van der Waals surface area contributed by atoms with Gasteiger partial charge in [-0.15, -0.1) is 0 Å². The molecule has 128 valence electrons. The molecule has 24 heavy (non-hydrogen) atoms. The zero-order chi connectivity index (χ0) is 17.1. The lowest BCUT2D eigenvalue weighted by Gasteiger charge is -2.25. The van der Waals surface area contributed by atoms with Gasteiger partial charge >= 0.3 is 0 Å². The van der Waals surface area contributed by atoms with E-state index in [4.69, 9.17) is 18.0 Å². The molecule has 0 spiro atoms. The summed E-state index contributed by atoms with van der Waals surface area (Å²) in [6.45, 7) is 5.62. The SMILES string of the molecule is CCn1c(CCC(N)=O)nn(C[NH+]2CCc3ccccc3C2)c1=S. The first kappa shape index (κ1) is 16.9. The Morgan fingerprint density at radius 2 is 2.12 bits per heavy atom. The number of nitrogens with two attached hydrogens (primary N) is 1. The Kier molecular flexibility index (Phi) is 5.11. The molecule has 1 aliphatic heterocycles. The van der Waals surface area contributed by atoms with Crippen LogP contribution in [-0.4, -0.2) is 26.8 Å². The number of aromatic nitrogens is 3. The Labute approximate surface area is 146 Å². The van der Waals surface area contributed by atoms with E-state index in [-0.39, 0.29) is 5.91 Å². The number of carbonyl (C=O) groups is 1. The molecule has 0 radical (unpaired) electrons. The number of amides is 1. The van der Waals surface area contributed by atoms with Crippen LogP contribution in [0.4, 0.5) is 0 Å². The van der Waals surface area contributed by atoms with Crippen LogP contribution in [0.3, 0.4) is 0 Å². The smallest absolute Gasteiger partial charge is 0.217 e. The predicted molar refractivity (Wildman–Crippen MR) is 93.9 cm³/mol. The van der Waals surface area contributed by atoms with Crippen molar-refractivity contribution < 1.29 is 9.69 Å². The summed E-state index contributed by atoms with van der Waals surface area (Å²) in [5, 5.41) is 4.65. The van der Waals surface area contributed by atoms with Gasteiger partial charge in [-0.1, -0.05) is 24.3 Å². The highest BCUT2D eigenvalue weighted by Crippen LogP contribution is 2.11. The molecule has 3 rings (SSSR count). The zero-order valence-electron chi connectivity index (χ0n) is 14.0. The number of aryl methyl sites for hydroxylation is 1. The molecule has 6 nitrogen and oxygen atoms in total. The minimum Gasteiger partial charge on any atom is -0.370 e. The summed E-state index contributed by atoms with van der Waals surface area (Å²) in [6.07, 6.45) is 1.93. The van der Waals surface area contributed by atoms with Crippen LogP contribution in [0.1, 0.15) is 30.3 Å². The van der Waals surface area contributed by atoms with Crippen molar-refractivity contribution in [1.82, 2.24) is 14.3 Å². The van der Waals surface area contributed by atoms with Crippen molar-refractivity contribution in [2.45, 2.75) is 45.9 Å². The first-order valence-corrected chi connectivity index (χ1v) is 8.84. The largest absolute Gasteiger partial charge is 0.370 e. The van der Waals surface area contributed by atoms with Gasteiger partial charge in [0, 0.05) is 31.4 Å². The second-order valence-electron chi connectivity index (χ2n) is 6.26. The monoisotopic (exact) mass is 346 g/mol. The van der Waals surface area contributed by atoms with Gasteiger partial charge in [0.15, 0.2) is 6.67 Å². The van der Waals surface area contributed by atoms with Gasteiger partial charge in [0.25, 0.3) is 0 Å². The van der Waals surface area contributed by atoms with E-state index in [1.165, 1.54) is 16.0 Å². The molecule has 0 fully saturated rings. The molecule has 1 amide bonds. The first-order valence-electron chi connectivity index (χ1n) is 8.43. The number of nitrogens with zero attached hydrogens (tertiary/aromatic N) is 3. The maximum atomic E-state index is 11.0. The van der Waals surface area contributed by atoms with Crippen molar-refractivity contribution in [2.24, 2.45) is 5.73 Å². The maximum absolute atomic E-state index is 11.0. The summed E-state index contributed by atoms with van der Waals surface area (Å²) in [7, 11) is 0. The highest BCUT2D eigenvalue weighted by molar-refractivity contribution is 7.71. The van der Waals surface area contributed by atoms with Crippen LogP contribution in [0, 0.1) is 4.77 Å². The predicted octanol–water partition coefficient (Wildman–Crippen LogP) is 0.451. The van der Waals surface area contributed by atoms with Crippen LogP contribution in [0.25, 0.3) is 0 Å². The van der Waals surface area contributed by atoms with Gasteiger partial charge in [0.1, 0.15) is 12.4 Å². The van der Waals surface area contributed by atoms with Gasteiger partial charge in [-0.25, -0.2) is 0 Å². The van der Waals surface area contributed by atoms with Gasteiger partial charge in [-0.05, 0) is 24.7 Å². The van der Waals surface area contributed by atoms with Gasteiger partial charge in [-0.3, -0.25) is 4.79 Å². The summed E-state index contributed by atoms with van der Waals surface area (Å²) in [6, 6.07) is 8.62. The fraction of sp³-hybridized carbons (Fsp3) is 0.471. The van der Waals surface area contributed by atoms with E-state index < -0.39 is 0 Å². The third kappa shape index (κ3) is 3.57. The molecule has 1 unspecified atom stereocenters. The number of hydrogen-bond acceptors (Lipinski definition) is 3. The van der Waals surface area contributed by atoms with E-state index in [0.29, 0.717) is 12.8 Å². The molecule has 1 atom stereocenters. The van der Waals surface area contributed by atoms with Crippen LogP contribution in [0.5, 0.6) is 0 Å². The van der Waals surface area contributed by atoms with E-state index in [1.807, 2.05) is 16.2 Å². The molecule has 2 heterocycles. The van der Waals surface area contributed by atoms with E-state index >= 15 is 0 Å². The lowest BCUT2D eigenvalue weighted by atomic mass is 10.0. The van der Waals surface area contributed by atoms with Crippen molar-refractivity contribution in [2.75, 3.05) is 6.54 Å². The molecule has 0 aliphatic carbocycles. The van der Waals surface area contributed by atoms with E-state index in [0.717, 1.165) is 43.3 Å². The van der Waals surface area contributed by atoms with Crippen molar-refractivity contribution in [3.05, 3.63) is 46.0 Å². The van der Waals surface area contributed by atoms with E-state index in [9.17, 15) is 4.79 Å². The molecule has 2 aromatic rings. The third-order valence-electron chi connectivity index (χ3n) is 4.59. The van der Waals surface area contributed by atoms with Gasteiger partial charge < -0.3 is 15.2 Å². The second kappa shape index (κ2) is 7.27. The summed E-state index contributed by atoms with van der Waals surface area (Å²) >= 11 is 5.57. The molecule has 1 aliphatic rings. The molecule has 1 aromatic heterocycles. The Bertz CT molecular complexity index is 795. The number of carbonyl (C=O) groups excluding carboxylic acids is 1. The average molecular weight is 346 g/mol. The Morgan fingerprint density at radius 3 is 2.83 bits per heavy atom. The van der Waals surface area contributed by atoms with Crippen molar-refractivity contribution in [3.63, 3.8) is 0 Å². The first-order chi connectivity index (χ1) is 11.6. The molecule has 7 heteroatoms. The quantitative estimate of drug-likeness (QED) is 0.746. The van der Waals surface area contributed by atoms with Crippen molar-refractivity contribution >= 4 is 18.1 Å². The molecule has 1 aromatic carbocycles. The third-order valence-corrected chi connectivity index (χ3v) is 5.02. The lowest BCUT2D eigenvalue weighted by Crippen LogP contribution is -3.11. The Hall–Kier alpha value is -1.99. The van der Waals surface area contributed by atoms with Crippen molar-refractivity contribution in [1.29, 1.82) is 0 Å². The van der Waals surface area contributed by atoms with Gasteiger partial charge in [0.2, 0.25) is 10.7 Å². The van der Waals surface area contributed by atoms with Crippen LogP contribution < -0.4 is 10.6 Å². The number of nitrogens with one attached hydrogen (secondary N) is 1. The van der Waals surface area contributed by atoms with Crippen LogP contribution in [0.15, 0.2) is 24.3 Å². The molecule has 0 bridgehead atoms. The lowest BCUT2D eigenvalue weighted by molar-refractivity contribution is -0.939. The summed E-state index contributed by atoms with van der Waals surface area (Å²) in [4.78, 5) is 12.5. The summed E-state index contributed by atoms with van der Waals surface area (Å²) in [5.41, 5.74) is 8.12. The topological polar surface area (TPSA) is 70.3 Å². The van der Waals surface area contributed by atoms with Crippen LogP contribution >= 0.6 is 12.2 Å². The van der Waals surface area contributed by atoms with Gasteiger partial charge in [0.05, 0.1) is 6.54 Å². The fourth-order valence-electron chi connectivity index (χ4n) is 3.32. The standard InChI is InChI=1S/C17H23N5OS/c1-2-21-16(8-7-15(18)23)19-22(17(21)24)12-20-10-9-13-5-3-4-6-14(13)11-20/h3-6H,2,7-12H2,1H3,(H2,18,23)/p+1. The Balaban J connectivity index is 1.76. The highest BCUT2D eigenvalue weighted by atomic mass is 32.1. The minimum absolute atomic E-state index is 0.301. The molecular formula is C17H24N5OS+. The second-order valence-corrected chi connectivity index (χ2v) is 6.63. The molecule has 3 N–H and O–H groups in total. The van der Waals surface area contributed by atoms with Crippen LogP contribution in [-0.2, 0) is 37.4 Å². The van der Waals surface area contributed by atoms with Crippen molar-refractivity contribution in [3.8, 4) is 0 Å². The maximum Gasteiger partial charge on any atom is 0.217 e. The minimum atomic E-state index is -0.309. The number of quaternary nitrogens is 1. The summed E-state index contributed by atoms with van der Waals surface area (Å²) < 4.78 is 4.62. The fourth-order valence-corrected chi connectivity index (χ4v) is 3.66. The Morgan fingerprint density at radius 1 is 1.38 bits per heavy atom. The van der Waals surface area contributed by atoms with E-state index in [1.54, 1.807) is 0 Å². The summed E-state index contributed by atoms with van der Waals surface area (Å²) in [5.74, 6) is 0.537. The van der Waals surface area contributed by atoms with Crippen LogP contribution in [0.2, 0.25) is 0 Å². The molecule has 0 saturated heterocycles. The normalized spacial score (nSPS) is 16.8. The van der Waals surface area contributed by atoms with Gasteiger partial charge in [-0.2, -0.15) is 9.78 Å². The number of primary amides is 1. The zero-order valence-corrected chi connectivity index (χ0v) is 14.8.